The number of ketones is 1. The first-order valence-electron chi connectivity index (χ1n) is 16.3. The van der Waals surface area contributed by atoms with E-state index in [0.29, 0.717) is 40.9 Å². The monoisotopic (exact) mass is 642 g/mol. The van der Waals surface area contributed by atoms with Gasteiger partial charge in [0.2, 0.25) is 0 Å². The zero-order valence-electron chi connectivity index (χ0n) is 26.8. The Morgan fingerprint density at radius 2 is 1.51 bits per heavy atom. The van der Waals surface area contributed by atoms with E-state index >= 15 is 0 Å². The predicted molar refractivity (Wildman–Crippen MR) is 175 cm³/mol. The Labute approximate surface area is 271 Å². The molecule has 3 amide bonds. The minimum Gasteiger partial charge on any atom is -0.497 e. The fourth-order valence-electron chi connectivity index (χ4n) is 5.24. The van der Waals surface area contributed by atoms with Crippen molar-refractivity contribution in [2.24, 2.45) is 0 Å². The van der Waals surface area contributed by atoms with Gasteiger partial charge in [-0.3, -0.25) is 14.4 Å². The molecule has 0 aromatic heterocycles. The van der Waals surface area contributed by atoms with E-state index < -0.39 is 35.8 Å². The largest absolute Gasteiger partial charge is 0.497 e. The van der Waals surface area contributed by atoms with Crippen molar-refractivity contribution in [1.29, 1.82) is 0 Å². The number of carbonyl (C=O) groups is 4. The zero-order valence-corrected chi connectivity index (χ0v) is 27.5. The maximum Gasteiger partial charge on any atom is 0.418 e. The van der Waals surface area contributed by atoms with Gasteiger partial charge in [-0.15, -0.1) is 0 Å². The Morgan fingerprint density at radius 3 is 2.13 bits per heavy atom. The van der Waals surface area contributed by atoms with Gasteiger partial charge in [0.15, 0.2) is 17.9 Å². The lowest BCUT2D eigenvalue weighted by Crippen LogP contribution is -2.52. The van der Waals surface area contributed by atoms with Crippen LogP contribution in [0.2, 0.25) is 5.02 Å². The van der Waals surface area contributed by atoms with Crippen LogP contribution in [0, 0.1) is 0 Å². The van der Waals surface area contributed by atoms with Gasteiger partial charge in [-0.25, -0.2) is 9.69 Å². The number of methoxy groups -OCH3 is 1. The standard InChI is InChI=1S/C35H47ClN2O7/c1-4-6-8-9-10-11-12-13-14-15-23-44-29-22-19-26(36)24-28(29)37-33(40)31(32(39)25-17-20-27(43-3)21-18-25)38-34(41)30(16-7-5-2)45-35(38)42/h17-22,24,30-31H,4-16,23H2,1-3H3,(H,37,40). The van der Waals surface area contributed by atoms with Crippen LogP contribution in [0.25, 0.3) is 0 Å². The maximum absolute atomic E-state index is 13.8. The average molecular weight is 643 g/mol. The molecule has 2 atom stereocenters. The van der Waals surface area contributed by atoms with Crippen LogP contribution in [0.5, 0.6) is 11.5 Å². The number of ether oxygens (including phenoxy) is 3. The topological polar surface area (TPSA) is 111 Å². The molecule has 0 aliphatic carbocycles. The summed E-state index contributed by atoms with van der Waals surface area (Å²) in [4.78, 5) is 54.4. The number of carbonyl (C=O) groups excluding carboxylic acids is 4. The van der Waals surface area contributed by atoms with Crippen LogP contribution in [0.15, 0.2) is 42.5 Å². The van der Waals surface area contributed by atoms with Gasteiger partial charge in [0.1, 0.15) is 11.5 Å². The van der Waals surface area contributed by atoms with E-state index in [1.54, 1.807) is 24.3 Å². The fraction of sp³-hybridized carbons (Fsp3) is 0.543. The molecule has 0 bridgehead atoms. The van der Waals surface area contributed by atoms with Crippen LogP contribution >= 0.6 is 11.6 Å². The summed E-state index contributed by atoms with van der Waals surface area (Å²) in [6, 6.07) is 9.06. The highest BCUT2D eigenvalue weighted by Crippen LogP contribution is 2.30. The minimum atomic E-state index is -1.81. The SMILES string of the molecule is CCCCCCCCCCCCOc1ccc(Cl)cc1NC(=O)C(C(=O)c1ccc(OC)cc1)N1C(=O)OC(CCCC)C1=O. The number of imide groups is 1. The second-order valence-electron chi connectivity index (χ2n) is 11.4. The smallest absolute Gasteiger partial charge is 0.418 e. The van der Waals surface area contributed by atoms with Crippen LogP contribution in [0.1, 0.15) is 108 Å². The summed E-state index contributed by atoms with van der Waals surface area (Å²) < 4.78 is 16.5. The van der Waals surface area contributed by atoms with E-state index in [9.17, 15) is 19.2 Å². The van der Waals surface area contributed by atoms with Crippen LogP contribution < -0.4 is 14.8 Å². The fourth-order valence-corrected chi connectivity index (χ4v) is 5.42. The minimum absolute atomic E-state index is 0.122. The van der Waals surface area contributed by atoms with Crippen LogP contribution in [-0.4, -0.2) is 54.5 Å². The first kappa shape index (κ1) is 35.9. The van der Waals surface area contributed by atoms with Gasteiger partial charge in [-0.1, -0.05) is 89.7 Å². The van der Waals surface area contributed by atoms with Crippen molar-refractivity contribution in [2.45, 2.75) is 109 Å². The lowest BCUT2D eigenvalue weighted by atomic mass is 10.0. The Balaban J connectivity index is 1.70. The summed E-state index contributed by atoms with van der Waals surface area (Å²) in [6.07, 6.45) is 11.6. The number of hydrogen-bond acceptors (Lipinski definition) is 7. The number of amides is 3. The van der Waals surface area contributed by atoms with E-state index in [-0.39, 0.29) is 11.3 Å². The molecule has 1 fully saturated rings. The Bertz CT molecular complexity index is 1270. The Kier molecular flexibility index (Phi) is 15.2. The van der Waals surface area contributed by atoms with E-state index in [0.717, 1.165) is 25.7 Å². The summed E-state index contributed by atoms with van der Waals surface area (Å²) in [5.74, 6) is -1.48. The van der Waals surface area contributed by atoms with Crippen molar-refractivity contribution in [3.63, 3.8) is 0 Å². The molecule has 0 saturated carbocycles. The van der Waals surface area contributed by atoms with Crippen molar-refractivity contribution in [1.82, 2.24) is 4.90 Å². The third-order valence-corrected chi connectivity index (χ3v) is 8.09. The first-order valence-corrected chi connectivity index (χ1v) is 16.6. The summed E-state index contributed by atoms with van der Waals surface area (Å²) in [5.41, 5.74) is 0.353. The number of halogens is 1. The number of nitrogens with one attached hydrogen (secondary N) is 1. The number of rotatable bonds is 21. The summed E-state index contributed by atoms with van der Waals surface area (Å²) in [7, 11) is 1.49. The molecular formula is C35H47ClN2O7. The molecule has 2 aromatic carbocycles. The van der Waals surface area contributed by atoms with E-state index in [1.165, 1.54) is 70.3 Å². The molecule has 246 valence electrons. The zero-order chi connectivity index (χ0) is 32.6. The first-order chi connectivity index (χ1) is 21.8. The third-order valence-electron chi connectivity index (χ3n) is 7.86. The van der Waals surface area contributed by atoms with Gasteiger partial charge < -0.3 is 19.5 Å². The molecule has 1 aliphatic heterocycles. The second kappa shape index (κ2) is 19.0. The molecule has 0 radical (unpaired) electrons. The molecule has 1 N–H and O–H groups in total. The predicted octanol–water partition coefficient (Wildman–Crippen LogP) is 8.38. The highest BCUT2D eigenvalue weighted by molar-refractivity contribution is 6.31. The molecule has 1 saturated heterocycles. The normalized spacial score (nSPS) is 15.1. The van der Waals surface area contributed by atoms with Crippen molar-refractivity contribution in [3.8, 4) is 11.5 Å². The number of cyclic esters (lactones) is 1. The van der Waals surface area contributed by atoms with Gasteiger partial charge >= 0.3 is 6.09 Å². The van der Waals surface area contributed by atoms with Gasteiger partial charge in [0.25, 0.3) is 11.8 Å². The van der Waals surface area contributed by atoms with Crippen LogP contribution in [0.4, 0.5) is 10.5 Å². The van der Waals surface area contributed by atoms with E-state index in [2.05, 4.69) is 12.2 Å². The molecule has 2 unspecified atom stereocenters. The second-order valence-corrected chi connectivity index (χ2v) is 11.8. The number of Topliss-reactive ketones (excluding diaryl/α,β-unsaturated/α-hetero) is 1. The van der Waals surface area contributed by atoms with Crippen LogP contribution in [-0.2, 0) is 14.3 Å². The highest BCUT2D eigenvalue weighted by atomic mass is 35.5. The molecule has 45 heavy (non-hydrogen) atoms. The molecule has 1 heterocycles. The van der Waals surface area contributed by atoms with Crippen molar-refractivity contribution in [3.05, 3.63) is 53.1 Å². The molecular weight excluding hydrogens is 596 g/mol. The van der Waals surface area contributed by atoms with E-state index in [4.69, 9.17) is 25.8 Å². The van der Waals surface area contributed by atoms with E-state index in [1.807, 2.05) is 6.92 Å². The van der Waals surface area contributed by atoms with Crippen molar-refractivity contribution in [2.75, 3.05) is 19.0 Å². The molecule has 1 aliphatic rings. The number of benzene rings is 2. The molecule has 10 heteroatoms. The maximum atomic E-state index is 13.8. The van der Waals surface area contributed by atoms with Crippen LogP contribution in [0.3, 0.4) is 0 Å². The quantitative estimate of drug-likeness (QED) is 0.0827. The van der Waals surface area contributed by atoms with Gasteiger partial charge in [-0.2, -0.15) is 0 Å². The lowest BCUT2D eigenvalue weighted by Gasteiger charge is -2.23. The number of hydrogen-bond donors (Lipinski definition) is 1. The molecule has 9 nitrogen and oxygen atoms in total. The number of unbranched alkanes of at least 4 members (excludes halogenated alkanes) is 10. The lowest BCUT2D eigenvalue weighted by molar-refractivity contribution is -0.134. The van der Waals surface area contributed by atoms with Crippen molar-refractivity contribution < 1.29 is 33.4 Å². The van der Waals surface area contributed by atoms with Crippen molar-refractivity contribution >= 4 is 41.0 Å². The summed E-state index contributed by atoms with van der Waals surface area (Å²) in [5, 5.41) is 3.03. The summed E-state index contributed by atoms with van der Waals surface area (Å²) >= 11 is 6.26. The Morgan fingerprint density at radius 1 is 0.889 bits per heavy atom. The van der Waals surface area contributed by atoms with Gasteiger partial charge in [0.05, 0.1) is 19.4 Å². The highest BCUT2D eigenvalue weighted by Gasteiger charge is 2.49. The number of anilines is 1. The molecule has 3 rings (SSSR count). The number of nitrogens with zero attached hydrogens (tertiary/aromatic N) is 1. The third kappa shape index (κ3) is 10.8. The molecule has 0 spiro atoms. The van der Waals surface area contributed by atoms with Gasteiger partial charge in [0, 0.05) is 10.6 Å². The summed E-state index contributed by atoms with van der Waals surface area (Å²) in [6.45, 7) is 4.61. The Hall–Kier alpha value is -3.59. The average Bonchev–Trinajstić information content (AvgIpc) is 3.31. The molecule has 2 aromatic rings. The van der Waals surface area contributed by atoms with Gasteiger partial charge in [-0.05, 0) is 61.7 Å².